The zero-order valence-corrected chi connectivity index (χ0v) is 13.5. The summed E-state index contributed by atoms with van der Waals surface area (Å²) in [5.74, 6) is 0. The molecule has 1 saturated heterocycles. The average molecular weight is 331 g/mol. The number of anilines is 1. The number of piperazine rings is 1. The number of halogens is 1. The van der Waals surface area contributed by atoms with E-state index in [1.807, 2.05) is 41.4 Å². The van der Waals surface area contributed by atoms with Crippen molar-refractivity contribution >= 4 is 23.3 Å². The van der Waals surface area contributed by atoms with E-state index in [2.05, 4.69) is 15.2 Å². The van der Waals surface area contributed by atoms with Gasteiger partial charge in [-0.1, -0.05) is 29.8 Å². The van der Waals surface area contributed by atoms with Gasteiger partial charge in [0.25, 0.3) is 0 Å². The number of aromatic nitrogens is 1. The van der Waals surface area contributed by atoms with Crippen molar-refractivity contribution in [2.24, 2.45) is 0 Å². The van der Waals surface area contributed by atoms with Crippen LogP contribution in [0.5, 0.6) is 0 Å². The zero-order valence-electron chi connectivity index (χ0n) is 12.8. The highest BCUT2D eigenvalue weighted by Crippen LogP contribution is 2.21. The van der Waals surface area contributed by atoms with Crippen LogP contribution in [0.25, 0.3) is 0 Å². The molecule has 3 rings (SSSR count). The lowest BCUT2D eigenvalue weighted by atomic mass is 10.2. The number of amides is 2. The Bertz CT molecular complexity index is 657. The van der Waals surface area contributed by atoms with Crippen LogP contribution in [0.4, 0.5) is 10.5 Å². The number of carbonyl (C=O) groups excluding carboxylic acids is 1. The summed E-state index contributed by atoms with van der Waals surface area (Å²) in [5, 5.41) is 3.42. The highest BCUT2D eigenvalue weighted by atomic mass is 35.5. The fourth-order valence-corrected chi connectivity index (χ4v) is 2.77. The minimum Gasteiger partial charge on any atom is -0.322 e. The van der Waals surface area contributed by atoms with E-state index < -0.39 is 0 Å². The first-order valence-corrected chi connectivity index (χ1v) is 8.03. The normalized spacial score (nSPS) is 15.4. The molecule has 2 aromatic rings. The Morgan fingerprint density at radius 3 is 2.52 bits per heavy atom. The van der Waals surface area contributed by atoms with Gasteiger partial charge in [-0.25, -0.2) is 4.79 Å². The van der Waals surface area contributed by atoms with E-state index in [0.717, 1.165) is 25.3 Å². The van der Waals surface area contributed by atoms with Gasteiger partial charge in [-0.3, -0.25) is 9.88 Å². The third kappa shape index (κ3) is 4.21. The molecule has 0 bridgehead atoms. The Labute approximate surface area is 140 Å². The summed E-state index contributed by atoms with van der Waals surface area (Å²) in [5.41, 5.74) is 1.71. The second-order valence-electron chi connectivity index (χ2n) is 5.49. The van der Waals surface area contributed by atoms with E-state index in [-0.39, 0.29) is 6.03 Å². The topological polar surface area (TPSA) is 48.5 Å². The van der Waals surface area contributed by atoms with Gasteiger partial charge in [-0.2, -0.15) is 0 Å². The third-order valence-electron chi connectivity index (χ3n) is 3.89. The number of hydrogen-bond donors (Lipinski definition) is 1. The molecule has 1 fully saturated rings. The van der Waals surface area contributed by atoms with E-state index in [1.165, 1.54) is 0 Å². The molecule has 2 amide bonds. The van der Waals surface area contributed by atoms with Gasteiger partial charge in [-0.15, -0.1) is 0 Å². The van der Waals surface area contributed by atoms with E-state index in [1.54, 1.807) is 12.1 Å². The lowest BCUT2D eigenvalue weighted by molar-refractivity contribution is 0.142. The average Bonchev–Trinajstić information content (AvgIpc) is 2.58. The summed E-state index contributed by atoms with van der Waals surface area (Å²) < 4.78 is 0. The number of nitrogens with one attached hydrogen (secondary N) is 1. The molecular weight excluding hydrogens is 312 g/mol. The van der Waals surface area contributed by atoms with Crippen LogP contribution in [0.15, 0.2) is 48.7 Å². The number of benzene rings is 1. The molecule has 1 aromatic heterocycles. The smallest absolute Gasteiger partial charge is 0.321 e. The van der Waals surface area contributed by atoms with Crippen LogP contribution in [0, 0.1) is 0 Å². The molecule has 1 aliphatic heterocycles. The number of rotatable bonds is 3. The Kier molecular flexibility index (Phi) is 5.10. The predicted molar refractivity (Wildman–Crippen MR) is 91.6 cm³/mol. The van der Waals surface area contributed by atoms with Crippen molar-refractivity contribution in [2.45, 2.75) is 6.54 Å². The predicted octanol–water partition coefficient (Wildman–Crippen LogP) is 3.08. The highest BCUT2D eigenvalue weighted by Gasteiger charge is 2.21. The molecule has 1 N–H and O–H groups in total. The number of urea groups is 1. The lowest BCUT2D eigenvalue weighted by Crippen LogP contribution is -2.49. The SMILES string of the molecule is O=C(Nc1ccccc1Cl)N1CCN(Cc2ccccn2)CC1. The third-order valence-corrected chi connectivity index (χ3v) is 4.22. The minimum atomic E-state index is -0.101. The van der Waals surface area contributed by atoms with E-state index >= 15 is 0 Å². The molecule has 0 saturated carbocycles. The lowest BCUT2D eigenvalue weighted by Gasteiger charge is -2.34. The van der Waals surface area contributed by atoms with Crippen LogP contribution in [0.2, 0.25) is 5.02 Å². The fraction of sp³-hybridized carbons (Fsp3) is 0.294. The molecule has 0 aliphatic carbocycles. The van der Waals surface area contributed by atoms with E-state index in [4.69, 9.17) is 11.6 Å². The van der Waals surface area contributed by atoms with Gasteiger partial charge in [0.15, 0.2) is 0 Å². The monoisotopic (exact) mass is 330 g/mol. The van der Waals surface area contributed by atoms with Crippen LogP contribution in [-0.4, -0.2) is 47.0 Å². The molecule has 23 heavy (non-hydrogen) atoms. The van der Waals surface area contributed by atoms with Gasteiger partial charge in [0.05, 0.1) is 16.4 Å². The molecule has 1 aliphatic rings. The number of pyridine rings is 1. The highest BCUT2D eigenvalue weighted by molar-refractivity contribution is 6.33. The summed E-state index contributed by atoms with van der Waals surface area (Å²) in [7, 11) is 0. The Hall–Kier alpha value is -2.11. The summed E-state index contributed by atoms with van der Waals surface area (Å²) in [6.07, 6.45) is 1.81. The zero-order chi connectivity index (χ0) is 16.1. The second kappa shape index (κ2) is 7.44. The van der Waals surface area contributed by atoms with Gasteiger partial charge in [0.2, 0.25) is 0 Å². The number of para-hydroxylation sites is 1. The van der Waals surface area contributed by atoms with Gasteiger partial charge in [0, 0.05) is 38.9 Å². The molecule has 0 radical (unpaired) electrons. The standard InChI is InChI=1S/C17H19ClN4O/c18-15-6-1-2-7-16(15)20-17(23)22-11-9-21(10-12-22)13-14-5-3-4-8-19-14/h1-8H,9-13H2,(H,20,23). The molecule has 0 atom stereocenters. The summed E-state index contributed by atoms with van der Waals surface area (Å²) in [6.45, 7) is 3.89. The summed E-state index contributed by atoms with van der Waals surface area (Å²) in [4.78, 5) is 20.8. The van der Waals surface area contributed by atoms with Gasteiger partial charge in [0.1, 0.15) is 0 Å². The first-order valence-electron chi connectivity index (χ1n) is 7.65. The van der Waals surface area contributed by atoms with Crippen LogP contribution in [0.3, 0.4) is 0 Å². The molecule has 1 aromatic carbocycles. The number of nitrogens with zero attached hydrogens (tertiary/aromatic N) is 3. The maximum Gasteiger partial charge on any atom is 0.321 e. The fourth-order valence-electron chi connectivity index (χ4n) is 2.59. The van der Waals surface area contributed by atoms with Crippen LogP contribution >= 0.6 is 11.6 Å². The Balaban J connectivity index is 1.50. The first-order chi connectivity index (χ1) is 11.2. The van der Waals surface area contributed by atoms with Gasteiger partial charge in [-0.05, 0) is 24.3 Å². The largest absolute Gasteiger partial charge is 0.322 e. The van der Waals surface area contributed by atoms with Crippen molar-refractivity contribution in [1.29, 1.82) is 0 Å². The van der Waals surface area contributed by atoms with Crippen LogP contribution in [-0.2, 0) is 6.54 Å². The van der Waals surface area contributed by atoms with Crippen molar-refractivity contribution < 1.29 is 4.79 Å². The molecular formula is C17H19ClN4O. The maximum absolute atomic E-state index is 12.3. The van der Waals surface area contributed by atoms with Crippen molar-refractivity contribution in [3.05, 3.63) is 59.4 Å². The quantitative estimate of drug-likeness (QED) is 0.940. The first kappa shape index (κ1) is 15.8. The van der Waals surface area contributed by atoms with Crippen molar-refractivity contribution in [1.82, 2.24) is 14.8 Å². The maximum atomic E-state index is 12.3. The van der Waals surface area contributed by atoms with Gasteiger partial charge < -0.3 is 10.2 Å². The molecule has 2 heterocycles. The van der Waals surface area contributed by atoms with Crippen molar-refractivity contribution in [3.8, 4) is 0 Å². The Morgan fingerprint density at radius 1 is 1.09 bits per heavy atom. The molecule has 0 spiro atoms. The summed E-state index contributed by atoms with van der Waals surface area (Å²) >= 11 is 6.07. The summed E-state index contributed by atoms with van der Waals surface area (Å²) in [6, 6.07) is 13.1. The molecule has 0 unspecified atom stereocenters. The minimum absolute atomic E-state index is 0.101. The van der Waals surface area contributed by atoms with E-state index in [0.29, 0.717) is 23.8 Å². The Morgan fingerprint density at radius 2 is 1.83 bits per heavy atom. The number of carbonyl (C=O) groups is 1. The second-order valence-corrected chi connectivity index (χ2v) is 5.90. The molecule has 120 valence electrons. The number of hydrogen-bond acceptors (Lipinski definition) is 3. The van der Waals surface area contributed by atoms with Crippen molar-refractivity contribution in [2.75, 3.05) is 31.5 Å². The van der Waals surface area contributed by atoms with Crippen molar-refractivity contribution in [3.63, 3.8) is 0 Å². The molecule has 5 nitrogen and oxygen atoms in total. The van der Waals surface area contributed by atoms with Crippen LogP contribution in [0.1, 0.15) is 5.69 Å². The van der Waals surface area contributed by atoms with E-state index in [9.17, 15) is 4.79 Å². The molecule has 6 heteroatoms. The van der Waals surface area contributed by atoms with Crippen LogP contribution < -0.4 is 5.32 Å². The van der Waals surface area contributed by atoms with Gasteiger partial charge >= 0.3 is 6.03 Å².